The maximum absolute atomic E-state index is 11.5. The molecule has 4 nitrogen and oxygen atoms in total. The predicted molar refractivity (Wildman–Crippen MR) is 64.0 cm³/mol. The molecule has 0 unspecified atom stereocenters. The fraction of sp³-hybridized carbons (Fsp3) is 0.600. The highest BCUT2D eigenvalue weighted by Gasteiger charge is 2.12. The summed E-state index contributed by atoms with van der Waals surface area (Å²) in [6.45, 7) is 2.36. The molecule has 0 amide bonds. The lowest BCUT2D eigenvalue weighted by Crippen LogP contribution is -2.25. The smallest absolute Gasteiger partial charge is 0.213 e. The third-order valence-corrected chi connectivity index (χ3v) is 3.88. The monoisotopic (exact) mass is 232 g/mol. The van der Waals surface area contributed by atoms with Crippen molar-refractivity contribution >= 4 is 10.0 Å². The Morgan fingerprint density at radius 1 is 1.40 bits per heavy atom. The van der Waals surface area contributed by atoms with Gasteiger partial charge in [-0.05, 0) is 13.3 Å². The van der Waals surface area contributed by atoms with Gasteiger partial charge in [0.15, 0.2) is 0 Å². The van der Waals surface area contributed by atoms with Crippen molar-refractivity contribution < 1.29 is 8.42 Å². The Hall–Kier alpha value is -0.650. The van der Waals surface area contributed by atoms with E-state index in [0.717, 1.165) is 5.57 Å². The van der Waals surface area contributed by atoms with Gasteiger partial charge in [0.1, 0.15) is 0 Å². The van der Waals surface area contributed by atoms with Crippen LogP contribution in [0.5, 0.6) is 0 Å². The maximum Gasteiger partial charge on any atom is 0.213 e. The third kappa shape index (κ3) is 5.71. The van der Waals surface area contributed by atoms with Crippen LogP contribution < -0.4 is 5.73 Å². The standard InChI is InChI=1S/C10H20N2O2S/c1-4-10(6-5-8-11)7-9-15(13,14)12(2)3/h4-6H,7-9,11H2,1-3H3/b6-5-,10-4+. The van der Waals surface area contributed by atoms with E-state index in [9.17, 15) is 8.42 Å². The summed E-state index contributed by atoms with van der Waals surface area (Å²) in [4.78, 5) is 0. The van der Waals surface area contributed by atoms with Crippen LogP contribution in [0.25, 0.3) is 0 Å². The molecular formula is C10H20N2O2S. The van der Waals surface area contributed by atoms with Gasteiger partial charge in [0.05, 0.1) is 5.75 Å². The van der Waals surface area contributed by atoms with E-state index >= 15 is 0 Å². The van der Waals surface area contributed by atoms with Gasteiger partial charge < -0.3 is 5.73 Å². The van der Waals surface area contributed by atoms with E-state index in [1.165, 1.54) is 4.31 Å². The first-order valence-corrected chi connectivity index (χ1v) is 6.47. The topological polar surface area (TPSA) is 63.4 Å². The first-order valence-electron chi connectivity index (χ1n) is 4.86. The highest BCUT2D eigenvalue weighted by molar-refractivity contribution is 7.89. The van der Waals surface area contributed by atoms with Crippen LogP contribution in [0.4, 0.5) is 0 Å². The molecule has 0 aliphatic rings. The van der Waals surface area contributed by atoms with Crippen molar-refractivity contribution in [3.8, 4) is 0 Å². The molecule has 15 heavy (non-hydrogen) atoms. The summed E-state index contributed by atoms with van der Waals surface area (Å²) in [6.07, 6.45) is 6.10. The summed E-state index contributed by atoms with van der Waals surface area (Å²) >= 11 is 0. The molecule has 5 heteroatoms. The molecule has 0 atom stereocenters. The number of nitrogens with zero attached hydrogens (tertiary/aromatic N) is 1. The summed E-state index contributed by atoms with van der Waals surface area (Å²) in [5.41, 5.74) is 6.31. The molecule has 2 N–H and O–H groups in total. The largest absolute Gasteiger partial charge is 0.327 e. The molecule has 0 aromatic rings. The van der Waals surface area contributed by atoms with E-state index in [-0.39, 0.29) is 5.75 Å². The van der Waals surface area contributed by atoms with Crippen LogP contribution in [0.2, 0.25) is 0 Å². The van der Waals surface area contributed by atoms with Gasteiger partial charge in [-0.3, -0.25) is 0 Å². The van der Waals surface area contributed by atoms with Gasteiger partial charge in [0.25, 0.3) is 0 Å². The van der Waals surface area contributed by atoms with Gasteiger partial charge in [-0.25, -0.2) is 12.7 Å². The molecule has 0 saturated carbocycles. The van der Waals surface area contributed by atoms with Crippen molar-refractivity contribution in [1.29, 1.82) is 0 Å². The summed E-state index contributed by atoms with van der Waals surface area (Å²) < 4.78 is 24.2. The molecule has 0 aliphatic heterocycles. The van der Waals surface area contributed by atoms with Crippen molar-refractivity contribution in [2.24, 2.45) is 5.73 Å². The number of nitrogens with two attached hydrogens (primary N) is 1. The average Bonchev–Trinajstić information content (AvgIpc) is 2.18. The van der Waals surface area contributed by atoms with Gasteiger partial charge in [0.2, 0.25) is 10.0 Å². The maximum atomic E-state index is 11.5. The number of hydrogen-bond donors (Lipinski definition) is 1. The molecule has 0 bridgehead atoms. The molecule has 88 valence electrons. The van der Waals surface area contributed by atoms with Crippen LogP contribution in [0.15, 0.2) is 23.8 Å². The van der Waals surface area contributed by atoms with Gasteiger partial charge in [0, 0.05) is 20.6 Å². The molecule has 0 fully saturated rings. The molecule has 0 aromatic carbocycles. The Morgan fingerprint density at radius 3 is 2.40 bits per heavy atom. The van der Waals surface area contributed by atoms with Crippen LogP contribution in [-0.4, -0.2) is 39.1 Å². The van der Waals surface area contributed by atoms with E-state index in [2.05, 4.69) is 0 Å². The first-order chi connectivity index (χ1) is 6.94. The lowest BCUT2D eigenvalue weighted by Gasteiger charge is -2.11. The second-order valence-corrected chi connectivity index (χ2v) is 5.65. The Bertz CT molecular complexity index is 329. The summed E-state index contributed by atoms with van der Waals surface area (Å²) in [5, 5.41) is 0. The van der Waals surface area contributed by atoms with Gasteiger partial charge in [-0.15, -0.1) is 0 Å². The van der Waals surface area contributed by atoms with Crippen LogP contribution >= 0.6 is 0 Å². The minimum absolute atomic E-state index is 0.134. The highest BCUT2D eigenvalue weighted by Crippen LogP contribution is 2.07. The zero-order valence-electron chi connectivity index (χ0n) is 9.60. The summed E-state index contributed by atoms with van der Waals surface area (Å²) in [5.74, 6) is 0.134. The second-order valence-electron chi connectivity index (χ2n) is 3.35. The minimum atomic E-state index is -3.10. The number of hydrogen-bond acceptors (Lipinski definition) is 3. The quantitative estimate of drug-likeness (QED) is 0.687. The zero-order valence-corrected chi connectivity index (χ0v) is 10.4. The van der Waals surface area contributed by atoms with E-state index < -0.39 is 10.0 Å². The number of allylic oxidation sites excluding steroid dienone is 3. The van der Waals surface area contributed by atoms with Gasteiger partial charge >= 0.3 is 0 Å². The fourth-order valence-electron chi connectivity index (χ4n) is 0.973. The molecule has 0 saturated heterocycles. The number of sulfonamides is 1. The average molecular weight is 232 g/mol. The molecule has 0 spiro atoms. The normalized spacial score (nSPS) is 14.1. The minimum Gasteiger partial charge on any atom is -0.327 e. The lowest BCUT2D eigenvalue weighted by atomic mass is 10.2. The van der Waals surface area contributed by atoms with Crippen LogP contribution in [0.3, 0.4) is 0 Å². The third-order valence-electron chi connectivity index (χ3n) is 2.04. The van der Waals surface area contributed by atoms with Crippen LogP contribution in [0.1, 0.15) is 13.3 Å². The van der Waals surface area contributed by atoms with Crippen LogP contribution in [-0.2, 0) is 10.0 Å². The van der Waals surface area contributed by atoms with E-state index in [1.807, 2.05) is 25.2 Å². The SMILES string of the molecule is C/C=C(\C=C/CN)CCS(=O)(=O)N(C)C. The van der Waals surface area contributed by atoms with Crippen molar-refractivity contribution in [3.63, 3.8) is 0 Å². The summed E-state index contributed by atoms with van der Waals surface area (Å²) in [7, 11) is -0.0169. The van der Waals surface area contributed by atoms with E-state index in [1.54, 1.807) is 14.1 Å². The Morgan fingerprint density at radius 2 is 2.00 bits per heavy atom. The van der Waals surface area contributed by atoms with Crippen molar-refractivity contribution in [2.75, 3.05) is 26.4 Å². The number of rotatable bonds is 6. The van der Waals surface area contributed by atoms with Crippen molar-refractivity contribution in [3.05, 3.63) is 23.8 Å². The second kappa shape index (κ2) is 6.76. The van der Waals surface area contributed by atoms with E-state index in [0.29, 0.717) is 13.0 Å². The van der Waals surface area contributed by atoms with Gasteiger partial charge in [-0.2, -0.15) is 0 Å². The Balaban J connectivity index is 4.32. The molecule has 0 aromatic heterocycles. The van der Waals surface area contributed by atoms with Crippen molar-refractivity contribution in [1.82, 2.24) is 4.31 Å². The fourth-order valence-corrected chi connectivity index (χ4v) is 1.83. The molecule has 0 radical (unpaired) electrons. The lowest BCUT2D eigenvalue weighted by molar-refractivity contribution is 0.520. The first kappa shape index (κ1) is 14.3. The molecule has 0 aliphatic carbocycles. The molecular weight excluding hydrogens is 212 g/mol. The molecule has 0 heterocycles. The van der Waals surface area contributed by atoms with E-state index in [4.69, 9.17) is 5.73 Å². The highest BCUT2D eigenvalue weighted by atomic mass is 32.2. The predicted octanol–water partition coefficient (Wildman–Crippen LogP) is 0.729. The Labute approximate surface area is 92.5 Å². The van der Waals surface area contributed by atoms with Crippen LogP contribution in [0, 0.1) is 0 Å². The Kier molecular flexibility index (Phi) is 6.47. The summed E-state index contributed by atoms with van der Waals surface area (Å²) in [6, 6.07) is 0. The zero-order chi connectivity index (χ0) is 11.9. The van der Waals surface area contributed by atoms with Gasteiger partial charge in [-0.1, -0.05) is 23.8 Å². The molecule has 0 rings (SSSR count). The van der Waals surface area contributed by atoms with Crippen molar-refractivity contribution in [2.45, 2.75) is 13.3 Å².